The summed E-state index contributed by atoms with van der Waals surface area (Å²) in [7, 11) is 0. The van der Waals surface area contributed by atoms with Crippen molar-refractivity contribution < 1.29 is 23.6 Å². The SMILES string of the molecule is O=C1NC(=O)c2c(CC(O)CN3CCC(c4noc5cc(F)ccc45)CC3)cccc21. The van der Waals surface area contributed by atoms with Gasteiger partial charge in [0.1, 0.15) is 5.82 Å². The predicted molar refractivity (Wildman–Crippen MR) is 110 cm³/mol. The minimum absolute atomic E-state index is 0.229. The zero-order valence-corrected chi connectivity index (χ0v) is 16.8. The quantitative estimate of drug-likeness (QED) is 0.613. The molecule has 1 fully saturated rings. The smallest absolute Gasteiger partial charge is 0.259 e. The molecule has 7 nitrogen and oxygen atoms in total. The average molecular weight is 423 g/mol. The number of benzene rings is 2. The summed E-state index contributed by atoms with van der Waals surface area (Å²) in [5.41, 5.74) is 2.76. The number of imide groups is 1. The van der Waals surface area contributed by atoms with Crippen LogP contribution >= 0.6 is 0 Å². The van der Waals surface area contributed by atoms with Crippen LogP contribution in [0.5, 0.6) is 0 Å². The van der Waals surface area contributed by atoms with E-state index in [-0.39, 0.29) is 17.6 Å². The number of piperidine rings is 1. The van der Waals surface area contributed by atoms with Gasteiger partial charge in [-0.25, -0.2) is 4.39 Å². The summed E-state index contributed by atoms with van der Waals surface area (Å²) in [6.45, 7) is 2.07. The predicted octanol–water partition coefficient (Wildman–Crippen LogP) is 2.63. The molecule has 31 heavy (non-hydrogen) atoms. The monoisotopic (exact) mass is 423 g/mol. The third-order valence-corrected chi connectivity index (χ3v) is 6.21. The molecule has 1 unspecified atom stereocenters. The standard InChI is InChI=1S/C23H22FN3O4/c24-15-4-5-17-19(11-15)31-26-21(17)13-6-8-27(9-7-13)12-16(28)10-14-2-1-3-18-20(14)23(30)25-22(18)29/h1-5,11,13,16,28H,6-10,12H2,(H,25,29,30). The van der Waals surface area contributed by atoms with Crippen molar-refractivity contribution in [1.82, 2.24) is 15.4 Å². The van der Waals surface area contributed by atoms with Gasteiger partial charge in [0, 0.05) is 30.3 Å². The number of nitrogens with zero attached hydrogens (tertiary/aromatic N) is 2. The van der Waals surface area contributed by atoms with Gasteiger partial charge in [-0.3, -0.25) is 14.9 Å². The molecule has 5 rings (SSSR count). The molecule has 1 aromatic heterocycles. The minimum atomic E-state index is -0.651. The van der Waals surface area contributed by atoms with E-state index in [2.05, 4.69) is 15.4 Å². The summed E-state index contributed by atoms with van der Waals surface area (Å²) in [5.74, 6) is -0.901. The largest absolute Gasteiger partial charge is 0.391 e. The van der Waals surface area contributed by atoms with Crippen molar-refractivity contribution in [2.75, 3.05) is 19.6 Å². The lowest BCUT2D eigenvalue weighted by atomic mass is 9.91. The number of hydrogen-bond acceptors (Lipinski definition) is 6. The van der Waals surface area contributed by atoms with Gasteiger partial charge in [0.05, 0.1) is 22.9 Å². The molecule has 0 saturated carbocycles. The van der Waals surface area contributed by atoms with E-state index >= 15 is 0 Å². The van der Waals surface area contributed by atoms with Gasteiger partial charge < -0.3 is 14.5 Å². The number of rotatable bonds is 5. The molecular formula is C23H22FN3O4. The number of hydrogen-bond donors (Lipinski definition) is 2. The van der Waals surface area contributed by atoms with Crippen molar-refractivity contribution in [1.29, 1.82) is 0 Å². The highest BCUT2D eigenvalue weighted by atomic mass is 19.1. The van der Waals surface area contributed by atoms with Gasteiger partial charge in [-0.05, 0) is 49.7 Å². The van der Waals surface area contributed by atoms with E-state index in [0.717, 1.165) is 37.0 Å². The Morgan fingerprint density at radius 1 is 1.19 bits per heavy atom. The Balaban J connectivity index is 1.20. The highest BCUT2D eigenvalue weighted by Crippen LogP contribution is 2.33. The molecule has 2 aromatic carbocycles. The van der Waals surface area contributed by atoms with Gasteiger partial charge in [-0.15, -0.1) is 0 Å². The van der Waals surface area contributed by atoms with Crippen molar-refractivity contribution in [3.63, 3.8) is 0 Å². The molecule has 0 aliphatic carbocycles. The summed E-state index contributed by atoms with van der Waals surface area (Å²) >= 11 is 0. The van der Waals surface area contributed by atoms with Crippen LogP contribution in [0.3, 0.4) is 0 Å². The lowest BCUT2D eigenvalue weighted by Gasteiger charge is -2.32. The maximum atomic E-state index is 13.4. The molecular weight excluding hydrogens is 401 g/mol. The van der Waals surface area contributed by atoms with Crippen LogP contribution < -0.4 is 5.32 Å². The first-order chi connectivity index (χ1) is 15.0. The first-order valence-corrected chi connectivity index (χ1v) is 10.4. The maximum absolute atomic E-state index is 13.4. The Morgan fingerprint density at radius 2 is 2.00 bits per heavy atom. The Hall–Kier alpha value is -3.10. The summed E-state index contributed by atoms with van der Waals surface area (Å²) < 4.78 is 18.7. The number of fused-ring (bicyclic) bond motifs is 2. The normalized spacial score (nSPS) is 18.4. The molecule has 160 valence electrons. The number of nitrogens with one attached hydrogen (secondary N) is 1. The molecule has 2 N–H and O–H groups in total. The Kier molecular flexibility index (Phi) is 5.03. The van der Waals surface area contributed by atoms with Crippen LogP contribution in [-0.2, 0) is 6.42 Å². The van der Waals surface area contributed by atoms with Gasteiger partial charge in [0.15, 0.2) is 5.58 Å². The van der Waals surface area contributed by atoms with E-state index in [0.29, 0.717) is 35.2 Å². The molecule has 0 spiro atoms. The summed E-state index contributed by atoms with van der Waals surface area (Å²) in [5, 5.41) is 18.0. The minimum Gasteiger partial charge on any atom is -0.391 e. The number of aliphatic hydroxyl groups is 1. The number of carbonyl (C=O) groups is 2. The first-order valence-electron chi connectivity index (χ1n) is 10.4. The van der Waals surface area contributed by atoms with Gasteiger partial charge >= 0.3 is 0 Å². The highest BCUT2D eigenvalue weighted by molar-refractivity contribution is 6.22. The number of β-amino-alcohol motifs (C(OH)–C–C–N with tert-alkyl or cyclic N) is 1. The molecule has 8 heteroatoms. The first kappa shape index (κ1) is 19.8. The molecule has 3 aromatic rings. The van der Waals surface area contributed by atoms with E-state index in [9.17, 15) is 19.1 Å². The summed E-state index contributed by atoms with van der Waals surface area (Å²) in [4.78, 5) is 26.1. The van der Waals surface area contributed by atoms with Crippen molar-refractivity contribution in [2.24, 2.45) is 0 Å². The maximum Gasteiger partial charge on any atom is 0.259 e. The van der Waals surface area contributed by atoms with Gasteiger partial charge in [-0.2, -0.15) is 0 Å². The number of aromatic nitrogens is 1. The second-order valence-corrected chi connectivity index (χ2v) is 8.26. The zero-order chi connectivity index (χ0) is 21.5. The van der Waals surface area contributed by atoms with Crippen molar-refractivity contribution in [3.8, 4) is 0 Å². The van der Waals surface area contributed by atoms with Gasteiger partial charge in [-0.1, -0.05) is 17.3 Å². The van der Waals surface area contributed by atoms with Crippen LogP contribution in [0.25, 0.3) is 11.0 Å². The highest BCUT2D eigenvalue weighted by Gasteiger charge is 2.30. The number of halogens is 1. The number of likely N-dealkylation sites (tertiary alicyclic amines) is 1. The number of aliphatic hydroxyl groups excluding tert-OH is 1. The van der Waals surface area contributed by atoms with E-state index in [4.69, 9.17) is 4.52 Å². The molecule has 2 aliphatic heterocycles. The third kappa shape index (κ3) is 3.73. The Morgan fingerprint density at radius 3 is 2.81 bits per heavy atom. The van der Waals surface area contributed by atoms with Gasteiger partial charge in [0.2, 0.25) is 0 Å². The molecule has 2 amide bonds. The Labute approximate surface area is 177 Å². The van der Waals surface area contributed by atoms with Crippen LogP contribution in [-0.4, -0.2) is 52.7 Å². The topological polar surface area (TPSA) is 95.7 Å². The van der Waals surface area contributed by atoms with Crippen molar-refractivity contribution in [3.05, 3.63) is 64.6 Å². The molecule has 1 atom stereocenters. The van der Waals surface area contributed by atoms with Crippen LogP contribution in [0.1, 0.15) is 50.7 Å². The van der Waals surface area contributed by atoms with Crippen molar-refractivity contribution >= 4 is 22.8 Å². The van der Waals surface area contributed by atoms with Crippen LogP contribution in [0, 0.1) is 5.82 Å². The van der Waals surface area contributed by atoms with E-state index in [1.54, 1.807) is 24.3 Å². The fourth-order valence-corrected chi connectivity index (χ4v) is 4.69. The van der Waals surface area contributed by atoms with Crippen LogP contribution in [0.4, 0.5) is 4.39 Å². The molecule has 0 bridgehead atoms. The van der Waals surface area contributed by atoms with E-state index in [1.165, 1.54) is 12.1 Å². The van der Waals surface area contributed by atoms with E-state index < -0.39 is 12.0 Å². The lowest BCUT2D eigenvalue weighted by Crippen LogP contribution is -2.39. The third-order valence-electron chi connectivity index (χ3n) is 6.21. The second kappa shape index (κ2) is 7.86. The zero-order valence-electron chi connectivity index (χ0n) is 16.8. The average Bonchev–Trinajstić information content (AvgIpc) is 3.29. The van der Waals surface area contributed by atoms with Gasteiger partial charge in [0.25, 0.3) is 11.8 Å². The Bertz CT molecular complexity index is 1170. The summed E-state index contributed by atoms with van der Waals surface area (Å²) in [6.07, 6.45) is 1.39. The van der Waals surface area contributed by atoms with Crippen LogP contribution in [0.15, 0.2) is 40.9 Å². The number of amides is 2. The molecule has 2 aliphatic rings. The van der Waals surface area contributed by atoms with E-state index in [1.807, 2.05) is 0 Å². The fraction of sp³-hybridized carbons (Fsp3) is 0.348. The lowest BCUT2D eigenvalue weighted by molar-refractivity contribution is 0.0878. The molecule has 1 saturated heterocycles. The summed E-state index contributed by atoms with van der Waals surface area (Å²) in [6, 6.07) is 9.63. The molecule has 3 heterocycles. The van der Waals surface area contributed by atoms with Crippen molar-refractivity contribution in [2.45, 2.75) is 31.3 Å². The van der Waals surface area contributed by atoms with Crippen LogP contribution in [0.2, 0.25) is 0 Å². The fourth-order valence-electron chi connectivity index (χ4n) is 4.69. The second-order valence-electron chi connectivity index (χ2n) is 8.26. The molecule has 0 radical (unpaired) electrons. The number of carbonyl (C=O) groups excluding carboxylic acids is 2.